The zero-order chi connectivity index (χ0) is 18.1. The first kappa shape index (κ1) is 16.1. The van der Waals surface area contributed by atoms with E-state index >= 15 is 0 Å². The summed E-state index contributed by atoms with van der Waals surface area (Å²) < 4.78 is 5.81. The molecule has 1 atom stereocenters. The van der Waals surface area contributed by atoms with Crippen LogP contribution in [0.5, 0.6) is 0 Å². The van der Waals surface area contributed by atoms with E-state index in [1.165, 1.54) is 6.33 Å². The van der Waals surface area contributed by atoms with Crippen LogP contribution < -0.4 is 10.2 Å². The number of imidazole rings is 1. The second-order valence-electron chi connectivity index (χ2n) is 6.13. The van der Waals surface area contributed by atoms with Crippen molar-refractivity contribution in [2.45, 2.75) is 13.0 Å². The number of rotatable bonds is 5. The molecule has 4 aromatic rings. The summed E-state index contributed by atoms with van der Waals surface area (Å²) in [5.74, 6) is 1.21. The molecule has 3 aromatic heterocycles. The van der Waals surface area contributed by atoms with Gasteiger partial charge in [-0.25, -0.2) is 15.0 Å². The highest BCUT2D eigenvalue weighted by Crippen LogP contribution is 2.23. The van der Waals surface area contributed by atoms with Crippen molar-refractivity contribution < 1.29 is 9.21 Å². The average Bonchev–Trinajstić information content (AvgIpc) is 3.27. The maximum Gasteiger partial charge on any atom is 0.240 e. The molecule has 0 saturated heterocycles. The van der Waals surface area contributed by atoms with E-state index in [-0.39, 0.29) is 18.5 Å². The molecule has 8 nitrogen and oxygen atoms in total. The topological polar surface area (TPSA) is 99.9 Å². The van der Waals surface area contributed by atoms with E-state index in [1.54, 1.807) is 18.3 Å². The number of aromatic nitrogens is 4. The second kappa shape index (κ2) is 6.47. The van der Waals surface area contributed by atoms with Crippen LogP contribution in [0.15, 0.2) is 47.4 Å². The SMILES string of the molecule is C[C@H](NC(=O)CN(C)c1ncnc2nc[nH]c12)c1cc2ccccc2o1. The van der Waals surface area contributed by atoms with Gasteiger partial charge >= 0.3 is 0 Å². The molecule has 0 bridgehead atoms. The Morgan fingerprint density at radius 2 is 2.15 bits per heavy atom. The molecule has 1 amide bonds. The van der Waals surface area contributed by atoms with E-state index in [0.717, 1.165) is 16.7 Å². The molecule has 0 aliphatic carbocycles. The van der Waals surface area contributed by atoms with Crippen LogP contribution >= 0.6 is 0 Å². The summed E-state index contributed by atoms with van der Waals surface area (Å²) in [6, 6.07) is 9.48. The highest BCUT2D eigenvalue weighted by atomic mass is 16.3. The highest BCUT2D eigenvalue weighted by Gasteiger charge is 2.17. The number of H-pyrrole nitrogens is 1. The number of nitrogens with zero attached hydrogens (tertiary/aromatic N) is 4. The van der Waals surface area contributed by atoms with Crippen LogP contribution in [0.4, 0.5) is 5.82 Å². The fourth-order valence-corrected chi connectivity index (χ4v) is 2.91. The van der Waals surface area contributed by atoms with E-state index in [4.69, 9.17) is 4.42 Å². The van der Waals surface area contributed by atoms with E-state index in [2.05, 4.69) is 25.3 Å². The molecule has 0 unspecified atom stereocenters. The van der Waals surface area contributed by atoms with E-state index in [1.807, 2.05) is 37.3 Å². The van der Waals surface area contributed by atoms with E-state index < -0.39 is 0 Å². The van der Waals surface area contributed by atoms with Crippen molar-refractivity contribution in [2.24, 2.45) is 0 Å². The lowest BCUT2D eigenvalue weighted by molar-refractivity contribution is -0.120. The number of hydrogen-bond acceptors (Lipinski definition) is 6. The molecule has 0 spiro atoms. The summed E-state index contributed by atoms with van der Waals surface area (Å²) >= 11 is 0. The molecule has 0 fully saturated rings. The quantitative estimate of drug-likeness (QED) is 0.573. The molecule has 2 N–H and O–H groups in total. The maximum absolute atomic E-state index is 12.4. The van der Waals surface area contributed by atoms with Crippen LogP contribution in [0.25, 0.3) is 22.1 Å². The molecule has 0 saturated carbocycles. The molecular formula is C18H18N6O2. The van der Waals surface area contributed by atoms with Gasteiger partial charge in [-0.15, -0.1) is 0 Å². The van der Waals surface area contributed by atoms with Crippen molar-refractivity contribution in [3.8, 4) is 0 Å². The lowest BCUT2D eigenvalue weighted by Gasteiger charge is -2.19. The number of nitrogens with one attached hydrogen (secondary N) is 2. The Bertz CT molecular complexity index is 1040. The number of carbonyl (C=O) groups is 1. The van der Waals surface area contributed by atoms with Crippen molar-refractivity contribution >= 4 is 33.9 Å². The Morgan fingerprint density at radius 3 is 3.00 bits per heavy atom. The van der Waals surface area contributed by atoms with Gasteiger partial charge in [0.2, 0.25) is 5.91 Å². The Balaban J connectivity index is 1.45. The number of amides is 1. The minimum atomic E-state index is -0.235. The fourth-order valence-electron chi connectivity index (χ4n) is 2.91. The zero-order valence-corrected chi connectivity index (χ0v) is 14.4. The van der Waals surface area contributed by atoms with Gasteiger partial charge in [0.15, 0.2) is 11.5 Å². The van der Waals surface area contributed by atoms with Crippen molar-refractivity contribution in [1.29, 1.82) is 0 Å². The molecule has 26 heavy (non-hydrogen) atoms. The van der Waals surface area contributed by atoms with Crippen LogP contribution in [0.1, 0.15) is 18.7 Å². The molecule has 0 aliphatic heterocycles. The summed E-state index contributed by atoms with van der Waals surface area (Å²) in [5.41, 5.74) is 2.08. The Labute approximate surface area is 149 Å². The predicted molar refractivity (Wildman–Crippen MR) is 97.7 cm³/mol. The van der Waals surface area contributed by atoms with Crippen molar-refractivity contribution in [2.75, 3.05) is 18.5 Å². The van der Waals surface area contributed by atoms with Crippen LogP contribution in [0.3, 0.4) is 0 Å². The molecule has 3 heterocycles. The summed E-state index contributed by atoms with van der Waals surface area (Å²) in [5, 5.41) is 3.97. The number of furan rings is 1. The van der Waals surface area contributed by atoms with Crippen LogP contribution in [0.2, 0.25) is 0 Å². The van der Waals surface area contributed by atoms with Gasteiger partial charge in [0.25, 0.3) is 0 Å². The van der Waals surface area contributed by atoms with Gasteiger partial charge in [0.05, 0.1) is 18.9 Å². The smallest absolute Gasteiger partial charge is 0.240 e. The molecule has 0 radical (unpaired) electrons. The third-order valence-electron chi connectivity index (χ3n) is 4.19. The number of aromatic amines is 1. The average molecular weight is 350 g/mol. The highest BCUT2D eigenvalue weighted by molar-refractivity contribution is 5.87. The third kappa shape index (κ3) is 2.97. The van der Waals surface area contributed by atoms with Crippen LogP contribution in [-0.4, -0.2) is 39.4 Å². The number of anilines is 1. The van der Waals surface area contributed by atoms with Gasteiger partial charge in [-0.1, -0.05) is 18.2 Å². The molecule has 132 valence electrons. The summed E-state index contributed by atoms with van der Waals surface area (Å²) in [6.45, 7) is 2.04. The van der Waals surface area contributed by atoms with Gasteiger partial charge < -0.3 is 19.6 Å². The molecule has 1 aromatic carbocycles. The van der Waals surface area contributed by atoms with Crippen molar-refractivity contribution in [3.63, 3.8) is 0 Å². The molecular weight excluding hydrogens is 332 g/mol. The number of benzene rings is 1. The Kier molecular flexibility index (Phi) is 4.00. The largest absolute Gasteiger partial charge is 0.459 e. The van der Waals surface area contributed by atoms with Crippen molar-refractivity contribution in [3.05, 3.63) is 48.7 Å². The first-order valence-electron chi connectivity index (χ1n) is 8.25. The number of para-hydroxylation sites is 1. The minimum absolute atomic E-state index is 0.133. The standard InChI is InChI=1S/C18H18N6O2/c1-11(14-7-12-5-3-4-6-13(12)26-14)23-15(25)8-24(2)18-16-17(20-9-19-16)21-10-22-18/h3-7,9-11H,8H2,1-2H3,(H,23,25)(H,19,20,21,22)/t11-/m0/s1. The van der Waals surface area contributed by atoms with Crippen LogP contribution in [0, 0.1) is 0 Å². The minimum Gasteiger partial charge on any atom is -0.459 e. The number of hydrogen-bond donors (Lipinski definition) is 2. The molecule has 8 heteroatoms. The van der Waals surface area contributed by atoms with E-state index in [9.17, 15) is 4.79 Å². The lowest BCUT2D eigenvalue weighted by atomic mass is 10.2. The summed E-state index contributed by atoms with van der Waals surface area (Å²) in [4.78, 5) is 29.6. The van der Waals surface area contributed by atoms with E-state index in [0.29, 0.717) is 17.0 Å². The van der Waals surface area contributed by atoms with Gasteiger partial charge in [0.1, 0.15) is 23.2 Å². The van der Waals surface area contributed by atoms with Gasteiger partial charge in [-0.3, -0.25) is 4.79 Å². The van der Waals surface area contributed by atoms with Crippen molar-refractivity contribution in [1.82, 2.24) is 25.3 Å². The fraction of sp³-hybridized carbons (Fsp3) is 0.222. The summed E-state index contributed by atoms with van der Waals surface area (Å²) in [7, 11) is 1.80. The number of likely N-dealkylation sites (N-methyl/N-ethyl adjacent to an activating group) is 1. The normalized spacial score (nSPS) is 12.4. The second-order valence-corrected chi connectivity index (χ2v) is 6.13. The Morgan fingerprint density at radius 1 is 1.31 bits per heavy atom. The van der Waals surface area contributed by atoms with Gasteiger partial charge in [0, 0.05) is 12.4 Å². The predicted octanol–water partition coefficient (Wildman–Crippen LogP) is 2.41. The first-order valence-corrected chi connectivity index (χ1v) is 8.25. The van der Waals surface area contributed by atoms with Crippen LogP contribution in [-0.2, 0) is 4.79 Å². The monoisotopic (exact) mass is 350 g/mol. The maximum atomic E-state index is 12.4. The Hall–Kier alpha value is -3.42. The number of fused-ring (bicyclic) bond motifs is 2. The number of carbonyl (C=O) groups excluding carboxylic acids is 1. The third-order valence-corrected chi connectivity index (χ3v) is 4.19. The van der Waals surface area contributed by atoms with Gasteiger partial charge in [-0.05, 0) is 19.1 Å². The summed E-state index contributed by atoms with van der Waals surface area (Å²) in [6.07, 6.45) is 2.99. The van der Waals surface area contributed by atoms with Gasteiger partial charge in [-0.2, -0.15) is 0 Å². The molecule has 0 aliphatic rings. The lowest BCUT2D eigenvalue weighted by Crippen LogP contribution is -2.36. The zero-order valence-electron chi connectivity index (χ0n) is 14.4. The molecule has 4 rings (SSSR count). The first-order chi connectivity index (χ1) is 12.6.